The Morgan fingerprint density at radius 2 is 1.93 bits per heavy atom. The van der Waals surface area contributed by atoms with Gasteiger partial charge < -0.3 is 15.6 Å². The number of imidazole rings is 1. The summed E-state index contributed by atoms with van der Waals surface area (Å²) in [4.78, 5) is 30.1. The fourth-order valence-corrected chi connectivity index (χ4v) is 4.30. The van der Waals surface area contributed by atoms with Crippen LogP contribution in [0.25, 0.3) is 11.0 Å². The van der Waals surface area contributed by atoms with Gasteiger partial charge in [0.25, 0.3) is 5.91 Å². The molecule has 3 N–H and O–H groups in total. The molecular formula is C22H26N4O2. The highest BCUT2D eigenvalue weighted by Crippen LogP contribution is 2.33. The fourth-order valence-electron chi connectivity index (χ4n) is 4.30. The minimum absolute atomic E-state index is 0.0114. The third kappa shape index (κ3) is 3.14. The number of carbonyl (C=O) groups is 1. The van der Waals surface area contributed by atoms with Crippen molar-refractivity contribution >= 4 is 16.9 Å². The summed E-state index contributed by atoms with van der Waals surface area (Å²) < 4.78 is 1.69. The molecular weight excluding hydrogens is 352 g/mol. The second kappa shape index (κ2) is 7.28. The van der Waals surface area contributed by atoms with Crippen molar-refractivity contribution in [1.29, 1.82) is 0 Å². The van der Waals surface area contributed by atoms with Gasteiger partial charge in [0.1, 0.15) is 0 Å². The van der Waals surface area contributed by atoms with E-state index in [-0.39, 0.29) is 29.5 Å². The number of hydrogen-bond acceptors (Lipinski definition) is 3. The Kier molecular flexibility index (Phi) is 4.81. The molecule has 1 amide bonds. The van der Waals surface area contributed by atoms with E-state index in [1.54, 1.807) is 10.6 Å². The van der Waals surface area contributed by atoms with E-state index >= 15 is 0 Å². The van der Waals surface area contributed by atoms with Crippen LogP contribution in [0, 0.1) is 5.92 Å². The van der Waals surface area contributed by atoms with Crippen molar-refractivity contribution < 1.29 is 4.79 Å². The van der Waals surface area contributed by atoms with Crippen LogP contribution in [0.15, 0.2) is 53.3 Å². The third-order valence-corrected chi connectivity index (χ3v) is 5.74. The Bertz CT molecular complexity index is 1050. The molecule has 0 bridgehead atoms. The molecule has 3 aromatic rings. The second-order valence-corrected chi connectivity index (χ2v) is 7.85. The SMILES string of the molecule is CC(C)n1c(=O)[nH]c2ccc(C(=O)N3C[C@@H](CN)[C@H](c4ccccc4)C3)cc21. The average Bonchev–Trinajstić information content (AvgIpc) is 3.27. The Balaban J connectivity index is 1.64. The van der Waals surface area contributed by atoms with E-state index in [2.05, 4.69) is 17.1 Å². The normalized spacial score (nSPS) is 19.6. The van der Waals surface area contributed by atoms with Gasteiger partial charge in [-0.15, -0.1) is 0 Å². The van der Waals surface area contributed by atoms with Crippen LogP contribution in [0.4, 0.5) is 0 Å². The van der Waals surface area contributed by atoms with E-state index < -0.39 is 0 Å². The van der Waals surface area contributed by atoms with Gasteiger partial charge in [0.15, 0.2) is 0 Å². The number of rotatable bonds is 4. The lowest BCUT2D eigenvalue weighted by Crippen LogP contribution is -2.29. The summed E-state index contributed by atoms with van der Waals surface area (Å²) in [5, 5.41) is 0. The van der Waals surface area contributed by atoms with Crippen molar-refractivity contribution in [2.45, 2.75) is 25.8 Å². The van der Waals surface area contributed by atoms with Gasteiger partial charge in [-0.25, -0.2) is 4.79 Å². The van der Waals surface area contributed by atoms with Crippen LogP contribution < -0.4 is 11.4 Å². The molecule has 1 fully saturated rings. The molecule has 6 heteroatoms. The standard InChI is InChI=1S/C22H26N4O2/c1-14(2)26-20-10-16(8-9-19(20)24-22(26)28)21(27)25-12-17(11-23)18(13-25)15-6-4-3-5-7-15/h3-10,14,17-18H,11-13,23H2,1-2H3,(H,24,28)/t17-,18+/m1/s1. The van der Waals surface area contributed by atoms with Crippen molar-refractivity contribution in [3.05, 3.63) is 70.1 Å². The maximum atomic E-state index is 13.2. The summed E-state index contributed by atoms with van der Waals surface area (Å²) in [6, 6.07) is 15.7. The van der Waals surface area contributed by atoms with Crippen molar-refractivity contribution in [3.8, 4) is 0 Å². The molecule has 0 unspecified atom stereocenters. The zero-order valence-corrected chi connectivity index (χ0v) is 16.3. The number of nitrogens with two attached hydrogens (primary N) is 1. The monoisotopic (exact) mass is 378 g/mol. The van der Waals surface area contributed by atoms with Crippen LogP contribution in [-0.4, -0.2) is 40.0 Å². The molecule has 4 rings (SSSR count). The molecule has 28 heavy (non-hydrogen) atoms. The number of amides is 1. The first-order valence-corrected chi connectivity index (χ1v) is 9.78. The molecule has 1 aromatic heterocycles. The zero-order valence-electron chi connectivity index (χ0n) is 16.3. The molecule has 146 valence electrons. The molecule has 2 atom stereocenters. The highest BCUT2D eigenvalue weighted by Gasteiger charge is 2.35. The Morgan fingerprint density at radius 1 is 1.18 bits per heavy atom. The number of nitrogens with one attached hydrogen (secondary N) is 1. The van der Waals surface area contributed by atoms with Gasteiger partial charge in [-0.3, -0.25) is 9.36 Å². The van der Waals surface area contributed by atoms with E-state index in [1.807, 2.05) is 49.1 Å². The van der Waals surface area contributed by atoms with Gasteiger partial charge in [0.05, 0.1) is 11.0 Å². The largest absolute Gasteiger partial charge is 0.338 e. The van der Waals surface area contributed by atoms with Crippen molar-refractivity contribution in [2.75, 3.05) is 19.6 Å². The summed E-state index contributed by atoms with van der Waals surface area (Å²) in [5.41, 5.74) is 9.20. The van der Waals surface area contributed by atoms with Crippen LogP contribution in [0.3, 0.4) is 0 Å². The first-order valence-electron chi connectivity index (χ1n) is 9.78. The minimum Gasteiger partial charge on any atom is -0.338 e. The van der Waals surface area contributed by atoms with E-state index in [1.165, 1.54) is 5.56 Å². The van der Waals surface area contributed by atoms with Gasteiger partial charge in [0, 0.05) is 30.6 Å². The van der Waals surface area contributed by atoms with Crippen LogP contribution in [0.2, 0.25) is 0 Å². The zero-order chi connectivity index (χ0) is 19.8. The van der Waals surface area contributed by atoms with Crippen molar-refractivity contribution in [3.63, 3.8) is 0 Å². The number of likely N-dealkylation sites (tertiary alicyclic amines) is 1. The highest BCUT2D eigenvalue weighted by molar-refractivity contribution is 5.97. The molecule has 6 nitrogen and oxygen atoms in total. The lowest BCUT2D eigenvalue weighted by Gasteiger charge is -2.17. The Hall–Kier alpha value is -2.86. The van der Waals surface area contributed by atoms with E-state index in [4.69, 9.17) is 5.73 Å². The number of benzene rings is 2. The number of aromatic nitrogens is 2. The molecule has 2 heterocycles. The number of H-pyrrole nitrogens is 1. The molecule has 2 aromatic carbocycles. The fraction of sp³-hybridized carbons (Fsp3) is 0.364. The van der Waals surface area contributed by atoms with Gasteiger partial charge in [0.2, 0.25) is 0 Å². The molecule has 1 saturated heterocycles. The Morgan fingerprint density at radius 3 is 2.61 bits per heavy atom. The maximum absolute atomic E-state index is 13.2. The molecule has 1 aliphatic rings. The quantitative estimate of drug-likeness (QED) is 0.732. The number of hydrogen-bond donors (Lipinski definition) is 2. The topological polar surface area (TPSA) is 84.1 Å². The van der Waals surface area contributed by atoms with Gasteiger partial charge >= 0.3 is 5.69 Å². The van der Waals surface area contributed by atoms with Gasteiger partial charge in [-0.05, 0) is 50.1 Å². The van der Waals surface area contributed by atoms with Crippen LogP contribution >= 0.6 is 0 Å². The molecule has 0 aliphatic carbocycles. The van der Waals surface area contributed by atoms with Gasteiger partial charge in [-0.2, -0.15) is 0 Å². The summed E-state index contributed by atoms with van der Waals surface area (Å²) in [6.07, 6.45) is 0. The third-order valence-electron chi connectivity index (χ3n) is 5.74. The van der Waals surface area contributed by atoms with Crippen LogP contribution in [0.5, 0.6) is 0 Å². The predicted molar refractivity (Wildman–Crippen MR) is 111 cm³/mol. The van der Waals surface area contributed by atoms with Crippen LogP contribution in [-0.2, 0) is 0 Å². The highest BCUT2D eigenvalue weighted by atomic mass is 16.2. The number of carbonyl (C=O) groups excluding carboxylic acids is 1. The lowest BCUT2D eigenvalue weighted by atomic mass is 9.89. The average molecular weight is 378 g/mol. The number of fused-ring (bicyclic) bond motifs is 1. The number of nitrogens with zero attached hydrogens (tertiary/aromatic N) is 2. The first kappa shape index (κ1) is 18.5. The van der Waals surface area contributed by atoms with Crippen molar-refractivity contribution in [2.24, 2.45) is 11.7 Å². The molecule has 0 radical (unpaired) electrons. The summed E-state index contributed by atoms with van der Waals surface area (Å²) in [7, 11) is 0. The number of aromatic amines is 1. The summed E-state index contributed by atoms with van der Waals surface area (Å²) >= 11 is 0. The lowest BCUT2D eigenvalue weighted by molar-refractivity contribution is 0.0786. The minimum atomic E-state index is -0.150. The maximum Gasteiger partial charge on any atom is 0.326 e. The van der Waals surface area contributed by atoms with E-state index in [9.17, 15) is 9.59 Å². The molecule has 0 spiro atoms. The molecule has 0 saturated carbocycles. The van der Waals surface area contributed by atoms with Crippen LogP contribution in [0.1, 0.15) is 41.7 Å². The summed E-state index contributed by atoms with van der Waals surface area (Å²) in [6.45, 7) is 5.77. The van der Waals surface area contributed by atoms with E-state index in [0.717, 1.165) is 11.0 Å². The Labute approximate surface area is 164 Å². The van der Waals surface area contributed by atoms with Gasteiger partial charge in [-0.1, -0.05) is 30.3 Å². The summed E-state index contributed by atoms with van der Waals surface area (Å²) in [5.74, 6) is 0.485. The second-order valence-electron chi connectivity index (χ2n) is 7.85. The van der Waals surface area contributed by atoms with E-state index in [0.29, 0.717) is 25.2 Å². The smallest absolute Gasteiger partial charge is 0.326 e. The van der Waals surface area contributed by atoms with Crippen molar-refractivity contribution in [1.82, 2.24) is 14.5 Å². The predicted octanol–water partition coefficient (Wildman–Crippen LogP) is 2.73. The first-order chi connectivity index (χ1) is 13.5. The molecule has 1 aliphatic heterocycles.